The topological polar surface area (TPSA) is 64.3 Å². The molecule has 0 bridgehead atoms. The summed E-state index contributed by atoms with van der Waals surface area (Å²) in [7, 11) is 0. The average Bonchev–Trinajstić information content (AvgIpc) is 2.94. The molecule has 0 aliphatic heterocycles. The lowest BCUT2D eigenvalue weighted by Crippen LogP contribution is -2.52. The number of nitrogens with one attached hydrogen (secondary N) is 1. The fourth-order valence-electron chi connectivity index (χ4n) is 2.96. The van der Waals surface area contributed by atoms with Crippen molar-refractivity contribution in [2.45, 2.75) is 57.4 Å². The lowest BCUT2D eigenvalue weighted by molar-refractivity contribution is -0.124. The summed E-state index contributed by atoms with van der Waals surface area (Å²) in [6.07, 6.45) is 4.20. The molecule has 22 heavy (non-hydrogen) atoms. The molecular formula is C18H28N2O2. The molecule has 1 aliphatic carbocycles. The number of amides is 1. The number of nitrogens with two attached hydrogens (primary N) is 1. The van der Waals surface area contributed by atoms with E-state index in [-0.39, 0.29) is 23.5 Å². The van der Waals surface area contributed by atoms with Gasteiger partial charge in [0.05, 0.1) is 5.54 Å². The molecule has 0 unspecified atom stereocenters. The second-order valence-corrected chi connectivity index (χ2v) is 7.30. The Labute approximate surface area is 133 Å². The predicted octanol–water partition coefficient (Wildman–Crippen LogP) is 2.75. The van der Waals surface area contributed by atoms with Crippen molar-refractivity contribution in [3.8, 4) is 5.75 Å². The van der Waals surface area contributed by atoms with Crippen LogP contribution >= 0.6 is 0 Å². The van der Waals surface area contributed by atoms with Gasteiger partial charge < -0.3 is 15.8 Å². The van der Waals surface area contributed by atoms with E-state index in [9.17, 15) is 4.79 Å². The Morgan fingerprint density at radius 2 is 1.82 bits per heavy atom. The molecule has 1 amide bonds. The average molecular weight is 304 g/mol. The molecule has 0 saturated heterocycles. The van der Waals surface area contributed by atoms with E-state index in [1.54, 1.807) is 0 Å². The van der Waals surface area contributed by atoms with Crippen LogP contribution in [0.2, 0.25) is 0 Å². The van der Waals surface area contributed by atoms with Crippen molar-refractivity contribution >= 4 is 5.91 Å². The van der Waals surface area contributed by atoms with E-state index in [2.05, 4.69) is 26.1 Å². The third-order valence-electron chi connectivity index (χ3n) is 4.45. The highest BCUT2D eigenvalue weighted by Crippen LogP contribution is 2.28. The minimum Gasteiger partial charge on any atom is -0.484 e. The van der Waals surface area contributed by atoms with E-state index in [4.69, 9.17) is 10.5 Å². The van der Waals surface area contributed by atoms with Crippen molar-refractivity contribution in [1.82, 2.24) is 5.32 Å². The predicted molar refractivity (Wildman–Crippen MR) is 89.0 cm³/mol. The third kappa shape index (κ3) is 4.23. The monoisotopic (exact) mass is 304 g/mol. The van der Waals surface area contributed by atoms with Crippen molar-refractivity contribution in [2.24, 2.45) is 5.73 Å². The van der Waals surface area contributed by atoms with E-state index in [1.807, 2.05) is 24.3 Å². The Morgan fingerprint density at radius 3 is 2.32 bits per heavy atom. The molecule has 2 rings (SSSR count). The number of rotatable bonds is 5. The molecule has 0 radical (unpaired) electrons. The summed E-state index contributed by atoms with van der Waals surface area (Å²) in [4.78, 5) is 12.1. The Balaban J connectivity index is 1.86. The minimum atomic E-state index is -0.212. The van der Waals surface area contributed by atoms with E-state index in [0.717, 1.165) is 31.4 Å². The van der Waals surface area contributed by atoms with Gasteiger partial charge >= 0.3 is 0 Å². The first-order valence-corrected chi connectivity index (χ1v) is 8.09. The zero-order valence-electron chi connectivity index (χ0n) is 13.9. The largest absolute Gasteiger partial charge is 0.484 e. The molecule has 1 saturated carbocycles. The number of benzene rings is 1. The molecule has 3 N–H and O–H groups in total. The summed E-state index contributed by atoms with van der Waals surface area (Å²) in [5.74, 6) is 0.628. The van der Waals surface area contributed by atoms with Gasteiger partial charge in [-0.05, 0) is 36.0 Å². The first-order chi connectivity index (χ1) is 10.3. The van der Waals surface area contributed by atoms with Crippen LogP contribution in [0.4, 0.5) is 0 Å². The van der Waals surface area contributed by atoms with Gasteiger partial charge in [0.15, 0.2) is 6.61 Å². The molecule has 0 heterocycles. The number of hydrogen-bond acceptors (Lipinski definition) is 3. The molecule has 4 heteroatoms. The van der Waals surface area contributed by atoms with Crippen molar-refractivity contribution in [3.05, 3.63) is 29.8 Å². The van der Waals surface area contributed by atoms with Crippen LogP contribution in [-0.2, 0) is 10.2 Å². The second-order valence-electron chi connectivity index (χ2n) is 7.30. The highest BCUT2D eigenvalue weighted by Gasteiger charge is 2.33. The van der Waals surface area contributed by atoms with Crippen molar-refractivity contribution in [2.75, 3.05) is 13.2 Å². The third-order valence-corrected chi connectivity index (χ3v) is 4.45. The summed E-state index contributed by atoms with van der Waals surface area (Å²) in [6, 6.07) is 7.93. The maximum absolute atomic E-state index is 12.1. The zero-order chi connectivity index (χ0) is 16.2. The van der Waals surface area contributed by atoms with Crippen LogP contribution < -0.4 is 15.8 Å². The molecule has 1 aliphatic rings. The standard InChI is InChI=1S/C18H28N2O2/c1-17(2,3)14-6-8-15(9-7-14)22-12-16(21)20-18(13-19)10-4-5-11-18/h6-9H,4-5,10-13,19H2,1-3H3,(H,20,21). The number of carbonyl (C=O) groups is 1. The summed E-state index contributed by atoms with van der Waals surface area (Å²) < 4.78 is 5.58. The molecule has 1 aromatic carbocycles. The van der Waals surface area contributed by atoms with Gasteiger partial charge in [0.1, 0.15) is 5.75 Å². The van der Waals surface area contributed by atoms with Crippen molar-refractivity contribution in [3.63, 3.8) is 0 Å². The Kier molecular flexibility index (Phi) is 5.12. The number of ether oxygens (including phenoxy) is 1. The van der Waals surface area contributed by atoms with Gasteiger partial charge in [0.25, 0.3) is 5.91 Å². The van der Waals surface area contributed by atoms with E-state index in [1.165, 1.54) is 5.56 Å². The summed E-state index contributed by atoms with van der Waals surface area (Å²) >= 11 is 0. The highest BCUT2D eigenvalue weighted by atomic mass is 16.5. The van der Waals surface area contributed by atoms with Crippen LogP contribution in [0, 0.1) is 0 Å². The van der Waals surface area contributed by atoms with Gasteiger partial charge in [-0.1, -0.05) is 45.7 Å². The summed E-state index contributed by atoms with van der Waals surface area (Å²) in [5, 5.41) is 3.06. The molecule has 0 spiro atoms. The second kappa shape index (κ2) is 6.69. The summed E-state index contributed by atoms with van der Waals surface area (Å²) in [6.45, 7) is 7.05. The minimum absolute atomic E-state index is 0.0383. The summed E-state index contributed by atoms with van der Waals surface area (Å²) in [5.41, 5.74) is 6.98. The quantitative estimate of drug-likeness (QED) is 0.879. The molecule has 1 aromatic rings. The SMILES string of the molecule is CC(C)(C)c1ccc(OCC(=O)NC2(CN)CCCC2)cc1. The van der Waals surface area contributed by atoms with Crippen molar-refractivity contribution in [1.29, 1.82) is 0 Å². The molecule has 0 atom stereocenters. The molecule has 122 valence electrons. The van der Waals surface area contributed by atoms with Crippen LogP contribution in [0.15, 0.2) is 24.3 Å². The van der Waals surface area contributed by atoms with Gasteiger partial charge in [-0.25, -0.2) is 0 Å². The molecule has 1 fully saturated rings. The van der Waals surface area contributed by atoms with Crippen LogP contribution in [0.3, 0.4) is 0 Å². The Hall–Kier alpha value is -1.55. The van der Waals surface area contributed by atoms with Crippen LogP contribution in [0.25, 0.3) is 0 Å². The van der Waals surface area contributed by atoms with Gasteiger partial charge in [0, 0.05) is 6.54 Å². The fraction of sp³-hybridized carbons (Fsp3) is 0.611. The number of hydrogen-bond donors (Lipinski definition) is 2. The lowest BCUT2D eigenvalue weighted by atomic mass is 9.87. The molecular weight excluding hydrogens is 276 g/mol. The van der Waals surface area contributed by atoms with Gasteiger partial charge in [-0.2, -0.15) is 0 Å². The van der Waals surface area contributed by atoms with E-state index >= 15 is 0 Å². The molecule has 0 aromatic heterocycles. The van der Waals surface area contributed by atoms with E-state index in [0.29, 0.717) is 6.54 Å². The van der Waals surface area contributed by atoms with Crippen molar-refractivity contribution < 1.29 is 9.53 Å². The molecule has 4 nitrogen and oxygen atoms in total. The van der Waals surface area contributed by atoms with Gasteiger partial charge in [-0.3, -0.25) is 4.79 Å². The Morgan fingerprint density at radius 1 is 1.23 bits per heavy atom. The normalized spacial score (nSPS) is 17.3. The number of carbonyl (C=O) groups excluding carboxylic acids is 1. The maximum Gasteiger partial charge on any atom is 0.258 e. The van der Waals surface area contributed by atoms with E-state index < -0.39 is 0 Å². The smallest absolute Gasteiger partial charge is 0.258 e. The van der Waals surface area contributed by atoms with Crippen LogP contribution in [-0.4, -0.2) is 24.6 Å². The van der Waals surface area contributed by atoms with Gasteiger partial charge in [-0.15, -0.1) is 0 Å². The zero-order valence-corrected chi connectivity index (χ0v) is 13.9. The Bertz CT molecular complexity index is 497. The van der Waals surface area contributed by atoms with Gasteiger partial charge in [0.2, 0.25) is 0 Å². The highest BCUT2D eigenvalue weighted by molar-refractivity contribution is 5.78. The lowest BCUT2D eigenvalue weighted by Gasteiger charge is -2.28. The first kappa shape index (κ1) is 16.8. The van der Waals surface area contributed by atoms with Crippen LogP contribution in [0.1, 0.15) is 52.0 Å². The first-order valence-electron chi connectivity index (χ1n) is 8.09. The fourth-order valence-corrected chi connectivity index (χ4v) is 2.96. The maximum atomic E-state index is 12.1. The van der Waals surface area contributed by atoms with Crippen LogP contribution in [0.5, 0.6) is 5.75 Å².